The Bertz CT molecular complexity index is 1770. The minimum Gasteiger partial charge on any atom is -0.465 e. The molecule has 1 saturated carbocycles. The molecular weight excluding hydrogens is 585 g/mol. The summed E-state index contributed by atoms with van der Waals surface area (Å²) in [6.07, 6.45) is -2.97. The van der Waals surface area contributed by atoms with Crippen LogP contribution in [0.2, 0.25) is 0 Å². The number of pyridine rings is 2. The van der Waals surface area contributed by atoms with Crippen molar-refractivity contribution in [2.75, 3.05) is 5.32 Å². The first kappa shape index (κ1) is 29.2. The van der Waals surface area contributed by atoms with E-state index in [4.69, 9.17) is 5.11 Å². The molecule has 15 heteroatoms. The molecule has 1 aromatic carbocycles. The molecule has 0 spiro atoms. The van der Waals surface area contributed by atoms with Gasteiger partial charge in [0.05, 0.1) is 22.3 Å². The van der Waals surface area contributed by atoms with Crippen molar-refractivity contribution in [3.63, 3.8) is 0 Å². The molecule has 1 aliphatic rings. The van der Waals surface area contributed by atoms with E-state index in [2.05, 4.69) is 20.6 Å². The van der Waals surface area contributed by atoms with Gasteiger partial charge in [-0.2, -0.15) is 13.2 Å². The van der Waals surface area contributed by atoms with Crippen LogP contribution in [0.4, 0.5) is 32.6 Å². The van der Waals surface area contributed by atoms with E-state index in [0.717, 1.165) is 24.0 Å². The molecule has 9 nitrogen and oxygen atoms in total. The summed E-state index contributed by atoms with van der Waals surface area (Å²) in [5.41, 5.74) is -2.36. The van der Waals surface area contributed by atoms with Gasteiger partial charge >= 0.3 is 12.3 Å². The first-order chi connectivity index (χ1) is 19.7. The van der Waals surface area contributed by atoms with Gasteiger partial charge in [-0.25, -0.2) is 35.9 Å². The molecule has 0 saturated heterocycles. The number of aromatic nitrogens is 3. The number of anilines is 1. The van der Waals surface area contributed by atoms with Crippen LogP contribution in [0.3, 0.4) is 0 Å². The van der Waals surface area contributed by atoms with E-state index in [0.29, 0.717) is 23.2 Å². The van der Waals surface area contributed by atoms with Gasteiger partial charge in [0, 0.05) is 29.2 Å². The second-order valence-electron chi connectivity index (χ2n) is 10.0. The summed E-state index contributed by atoms with van der Waals surface area (Å²) in [5, 5.41) is 13.8. The number of carbonyl (C=O) groups is 1. The zero-order chi connectivity index (χ0) is 30.4. The fourth-order valence-corrected chi connectivity index (χ4v) is 6.41. The number of rotatable bonds is 6. The van der Waals surface area contributed by atoms with Gasteiger partial charge in [0.15, 0.2) is 17.3 Å². The van der Waals surface area contributed by atoms with Gasteiger partial charge in [0.1, 0.15) is 5.82 Å². The lowest BCUT2D eigenvalue weighted by Gasteiger charge is -2.30. The van der Waals surface area contributed by atoms with Crippen LogP contribution in [0.25, 0.3) is 22.3 Å². The maximum Gasteiger partial charge on any atom is 0.418 e. The quantitative estimate of drug-likeness (QED) is 0.231. The number of benzene rings is 1. The van der Waals surface area contributed by atoms with Crippen molar-refractivity contribution in [2.24, 2.45) is 0 Å². The summed E-state index contributed by atoms with van der Waals surface area (Å²) in [4.78, 5) is 18.7. The van der Waals surface area contributed by atoms with Gasteiger partial charge in [-0.15, -0.1) is 0 Å². The third-order valence-corrected chi connectivity index (χ3v) is 8.70. The first-order valence-electron chi connectivity index (χ1n) is 12.8. The van der Waals surface area contributed by atoms with Crippen LogP contribution in [0, 0.1) is 18.6 Å². The van der Waals surface area contributed by atoms with E-state index in [1.54, 1.807) is 6.92 Å². The predicted octanol–water partition coefficient (Wildman–Crippen LogP) is 5.93. The van der Waals surface area contributed by atoms with Crippen LogP contribution in [-0.4, -0.2) is 45.6 Å². The molecule has 0 radical (unpaired) electrons. The Morgan fingerprint density at radius 1 is 1.10 bits per heavy atom. The zero-order valence-corrected chi connectivity index (χ0v) is 22.7. The predicted molar refractivity (Wildman–Crippen MR) is 142 cm³/mol. The molecule has 2 atom stereocenters. The minimum absolute atomic E-state index is 0.185. The van der Waals surface area contributed by atoms with Gasteiger partial charge in [0.2, 0.25) is 0 Å². The second-order valence-corrected chi connectivity index (χ2v) is 11.9. The Hall–Kier alpha value is -4.27. The van der Waals surface area contributed by atoms with Crippen LogP contribution in [0.15, 0.2) is 53.7 Å². The van der Waals surface area contributed by atoms with Crippen molar-refractivity contribution in [2.45, 2.75) is 55.8 Å². The summed E-state index contributed by atoms with van der Waals surface area (Å²) >= 11 is 0. The number of halogens is 5. The number of aryl methyl sites for hydroxylation is 1. The van der Waals surface area contributed by atoms with Crippen LogP contribution in [0.5, 0.6) is 0 Å². The molecule has 3 N–H and O–H groups in total. The zero-order valence-electron chi connectivity index (χ0n) is 21.9. The number of amides is 1. The Kier molecular flexibility index (Phi) is 7.55. The number of alkyl halides is 3. The monoisotopic (exact) mass is 609 g/mol. The molecule has 0 bridgehead atoms. The molecule has 4 aromatic rings. The molecule has 0 aliphatic heterocycles. The summed E-state index contributed by atoms with van der Waals surface area (Å²) in [5.74, 6) is -2.81. The number of nitrogens with one attached hydrogen (secondary N) is 2. The van der Waals surface area contributed by atoms with E-state index in [-0.39, 0.29) is 28.4 Å². The van der Waals surface area contributed by atoms with Gasteiger partial charge < -0.3 is 15.7 Å². The normalized spacial score (nSPS) is 17.8. The fourth-order valence-electron chi connectivity index (χ4n) is 5.08. The van der Waals surface area contributed by atoms with Crippen LogP contribution in [-0.2, 0) is 16.2 Å². The van der Waals surface area contributed by atoms with E-state index in [9.17, 15) is 30.8 Å². The average Bonchev–Trinajstić information content (AvgIpc) is 3.28. The van der Waals surface area contributed by atoms with Crippen molar-refractivity contribution in [1.82, 2.24) is 19.3 Å². The van der Waals surface area contributed by atoms with E-state index in [1.165, 1.54) is 24.3 Å². The standard InChI is InChI=1S/C27H24F5N5O4S/c1-14-5-7-18(8-6-14)42(40,41)37-13-20(19-9-15(28)12-33-25(19)37)23-21(27(30,31)32)11-22(29)24(36-23)34-16-3-2-4-17(10-16)35-26(38)39/h5-9,11-13,16-17,35H,2-4,10H2,1H3,(H,34,36)(H,38,39). The lowest BCUT2D eigenvalue weighted by molar-refractivity contribution is -0.137. The van der Waals surface area contributed by atoms with E-state index >= 15 is 4.39 Å². The highest BCUT2D eigenvalue weighted by atomic mass is 32.2. The van der Waals surface area contributed by atoms with Crippen molar-refractivity contribution >= 4 is 33.0 Å². The Morgan fingerprint density at radius 2 is 1.79 bits per heavy atom. The van der Waals surface area contributed by atoms with Crippen LogP contribution >= 0.6 is 0 Å². The molecule has 222 valence electrons. The number of fused-ring (bicyclic) bond motifs is 1. The van der Waals surface area contributed by atoms with Crippen molar-refractivity contribution in [3.8, 4) is 11.3 Å². The van der Waals surface area contributed by atoms with Gasteiger partial charge in [-0.1, -0.05) is 17.7 Å². The number of hydrogen-bond donors (Lipinski definition) is 3. The number of nitrogens with zero attached hydrogens (tertiary/aromatic N) is 3. The third-order valence-electron chi connectivity index (χ3n) is 7.04. The number of hydrogen-bond acceptors (Lipinski definition) is 6. The Morgan fingerprint density at radius 3 is 2.45 bits per heavy atom. The molecule has 42 heavy (non-hydrogen) atoms. The molecule has 5 rings (SSSR count). The molecule has 1 aliphatic carbocycles. The number of carboxylic acid groups (broad SMARTS) is 1. The van der Waals surface area contributed by atoms with Crippen LogP contribution < -0.4 is 10.6 Å². The SMILES string of the molecule is Cc1ccc(S(=O)(=O)n2cc(-c3nc(NC4CCCC(NC(=O)O)C4)c(F)cc3C(F)(F)F)c3cc(F)cnc32)cc1. The van der Waals surface area contributed by atoms with Gasteiger partial charge in [-0.05, 0) is 56.9 Å². The van der Waals surface area contributed by atoms with E-state index in [1.807, 2.05) is 0 Å². The van der Waals surface area contributed by atoms with Crippen molar-refractivity contribution in [1.29, 1.82) is 0 Å². The van der Waals surface area contributed by atoms with Crippen molar-refractivity contribution < 1.29 is 40.3 Å². The highest BCUT2D eigenvalue weighted by Gasteiger charge is 2.38. The van der Waals surface area contributed by atoms with E-state index < -0.39 is 68.6 Å². The van der Waals surface area contributed by atoms with Crippen molar-refractivity contribution in [3.05, 3.63) is 71.6 Å². The lowest BCUT2D eigenvalue weighted by Crippen LogP contribution is -2.41. The highest BCUT2D eigenvalue weighted by molar-refractivity contribution is 7.90. The second kappa shape index (κ2) is 10.9. The summed E-state index contributed by atoms with van der Waals surface area (Å²) < 4.78 is 99.7. The minimum atomic E-state index is -5.12. The molecule has 1 amide bonds. The Balaban J connectivity index is 1.66. The third kappa shape index (κ3) is 5.73. The molecule has 3 heterocycles. The largest absolute Gasteiger partial charge is 0.465 e. The van der Waals surface area contributed by atoms with Gasteiger partial charge in [0.25, 0.3) is 10.0 Å². The molecular formula is C27H24F5N5O4S. The fraction of sp³-hybridized carbons (Fsp3) is 0.296. The molecule has 1 fully saturated rings. The molecule has 2 unspecified atom stereocenters. The topological polar surface area (TPSA) is 126 Å². The lowest BCUT2D eigenvalue weighted by atomic mass is 9.91. The summed E-state index contributed by atoms with van der Waals surface area (Å²) in [6.45, 7) is 1.74. The molecule has 3 aromatic heterocycles. The Labute approximate surface area is 236 Å². The maximum atomic E-state index is 15.1. The summed E-state index contributed by atoms with van der Waals surface area (Å²) in [6, 6.07) is 5.80. The summed E-state index contributed by atoms with van der Waals surface area (Å²) in [7, 11) is -4.41. The van der Waals surface area contributed by atoms with Crippen LogP contribution in [0.1, 0.15) is 36.8 Å². The highest BCUT2D eigenvalue weighted by Crippen LogP contribution is 2.41. The maximum absolute atomic E-state index is 15.1. The average molecular weight is 610 g/mol. The van der Waals surface area contributed by atoms with Gasteiger partial charge in [-0.3, -0.25) is 0 Å². The smallest absolute Gasteiger partial charge is 0.418 e. The first-order valence-corrected chi connectivity index (χ1v) is 14.2.